The van der Waals surface area contributed by atoms with E-state index >= 15 is 0 Å². The first-order valence-electron chi connectivity index (χ1n) is 11.2. The Morgan fingerprint density at radius 1 is 0.656 bits per heavy atom. The van der Waals surface area contributed by atoms with Crippen LogP contribution in [0.5, 0.6) is 0 Å². The van der Waals surface area contributed by atoms with Crippen LogP contribution in [0.4, 0.5) is 11.4 Å². The number of rotatable bonds is 4. The van der Waals surface area contributed by atoms with Crippen molar-refractivity contribution in [2.75, 3.05) is 5.32 Å². The lowest BCUT2D eigenvalue weighted by Gasteiger charge is -2.21. The molecule has 0 saturated heterocycles. The van der Waals surface area contributed by atoms with Gasteiger partial charge in [0.15, 0.2) is 0 Å². The summed E-state index contributed by atoms with van der Waals surface area (Å²) >= 11 is 0. The highest BCUT2D eigenvalue weighted by Gasteiger charge is 2.18. The van der Waals surface area contributed by atoms with Crippen LogP contribution >= 0.6 is 0 Å². The van der Waals surface area contributed by atoms with Crippen molar-refractivity contribution in [3.63, 3.8) is 0 Å². The highest BCUT2D eigenvalue weighted by atomic mass is 15.0. The minimum absolute atomic E-state index is 0.304. The van der Waals surface area contributed by atoms with E-state index in [1.807, 2.05) is 6.07 Å². The standard InChI is InChI=1S/C30H24N2/c1-3-9-22(10-4-1)23-15-18-26(19-16-23)32-29-14-8-7-13-27(29)28-21-25(17-20-30(28)32)31-24-11-5-2-6-12-24/h1-18,20-21,26,31H,19H2. The molecule has 1 atom stereocenters. The Balaban J connectivity index is 1.40. The molecule has 32 heavy (non-hydrogen) atoms. The summed E-state index contributed by atoms with van der Waals surface area (Å²) in [6, 6.07) is 36.7. The molecule has 1 unspecified atom stereocenters. The molecule has 5 aromatic rings. The van der Waals surface area contributed by atoms with Crippen LogP contribution in [0, 0.1) is 0 Å². The minimum atomic E-state index is 0.304. The van der Waals surface area contributed by atoms with Gasteiger partial charge < -0.3 is 9.88 Å². The van der Waals surface area contributed by atoms with E-state index in [0.717, 1.165) is 17.8 Å². The molecule has 1 heterocycles. The largest absolute Gasteiger partial charge is 0.356 e. The van der Waals surface area contributed by atoms with E-state index in [4.69, 9.17) is 0 Å². The topological polar surface area (TPSA) is 17.0 Å². The number of hydrogen-bond donors (Lipinski definition) is 1. The third-order valence-corrected chi connectivity index (χ3v) is 6.29. The number of anilines is 2. The SMILES string of the molecule is C1=CC(n2c3ccccc3c3cc(Nc4ccccc4)ccc32)CC=C1c1ccccc1. The van der Waals surface area contributed by atoms with Gasteiger partial charge in [0.1, 0.15) is 0 Å². The first-order chi connectivity index (χ1) is 15.9. The van der Waals surface area contributed by atoms with E-state index < -0.39 is 0 Å². The van der Waals surface area contributed by atoms with Gasteiger partial charge in [-0.25, -0.2) is 0 Å². The van der Waals surface area contributed by atoms with E-state index in [0.29, 0.717) is 6.04 Å². The Morgan fingerprint density at radius 2 is 1.38 bits per heavy atom. The Kier molecular flexibility index (Phi) is 4.62. The molecule has 1 aliphatic rings. The second kappa shape index (κ2) is 7.90. The van der Waals surface area contributed by atoms with Gasteiger partial charge in [-0.3, -0.25) is 0 Å². The predicted molar refractivity (Wildman–Crippen MR) is 136 cm³/mol. The van der Waals surface area contributed by atoms with Gasteiger partial charge >= 0.3 is 0 Å². The lowest BCUT2D eigenvalue weighted by Crippen LogP contribution is -2.08. The van der Waals surface area contributed by atoms with Gasteiger partial charge in [-0.15, -0.1) is 0 Å². The van der Waals surface area contributed by atoms with Crippen LogP contribution in [0.2, 0.25) is 0 Å². The Labute approximate surface area is 188 Å². The van der Waals surface area contributed by atoms with Crippen molar-refractivity contribution in [3.05, 3.63) is 127 Å². The molecule has 4 aromatic carbocycles. The second-order valence-electron chi connectivity index (χ2n) is 8.30. The molecule has 6 rings (SSSR count). The summed E-state index contributed by atoms with van der Waals surface area (Å²) in [4.78, 5) is 0. The maximum Gasteiger partial charge on any atom is 0.0560 e. The molecular weight excluding hydrogens is 388 g/mol. The minimum Gasteiger partial charge on any atom is -0.356 e. The molecule has 0 amide bonds. The molecular formula is C30H24N2. The van der Waals surface area contributed by atoms with E-state index in [2.05, 4.69) is 125 Å². The van der Waals surface area contributed by atoms with Crippen LogP contribution in [0.1, 0.15) is 18.0 Å². The fourth-order valence-electron chi connectivity index (χ4n) is 4.77. The molecule has 1 N–H and O–H groups in total. The molecule has 0 spiro atoms. The quantitative estimate of drug-likeness (QED) is 0.315. The maximum atomic E-state index is 3.54. The van der Waals surface area contributed by atoms with Crippen molar-refractivity contribution >= 4 is 38.8 Å². The van der Waals surface area contributed by atoms with Gasteiger partial charge in [0.2, 0.25) is 0 Å². The van der Waals surface area contributed by atoms with Crippen molar-refractivity contribution in [3.8, 4) is 0 Å². The summed E-state index contributed by atoms with van der Waals surface area (Å²) in [5.41, 5.74) is 7.35. The van der Waals surface area contributed by atoms with Crippen LogP contribution in [-0.2, 0) is 0 Å². The molecule has 0 fully saturated rings. The van der Waals surface area contributed by atoms with Crippen molar-refractivity contribution in [2.45, 2.75) is 12.5 Å². The molecule has 0 bridgehead atoms. The molecule has 0 aliphatic heterocycles. The van der Waals surface area contributed by atoms with Crippen molar-refractivity contribution < 1.29 is 0 Å². The van der Waals surface area contributed by atoms with E-state index in [-0.39, 0.29) is 0 Å². The van der Waals surface area contributed by atoms with Gasteiger partial charge in [-0.05, 0) is 54.0 Å². The molecule has 2 nitrogen and oxygen atoms in total. The zero-order chi connectivity index (χ0) is 21.3. The highest BCUT2D eigenvalue weighted by Crippen LogP contribution is 2.37. The van der Waals surface area contributed by atoms with Gasteiger partial charge in [0.05, 0.1) is 6.04 Å². The number of aromatic nitrogens is 1. The number of fused-ring (bicyclic) bond motifs is 3. The smallest absolute Gasteiger partial charge is 0.0560 e. The van der Waals surface area contributed by atoms with Gasteiger partial charge in [-0.1, -0.05) is 85.0 Å². The summed E-state index contributed by atoms with van der Waals surface area (Å²) in [6.45, 7) is 0. The summed E-state index contributed by atoms with van der Waals surface area (Å²) in [5.74, 6) is 0. The average molecular weight is 413 g/mol. The predicted octanol–water partition coefficient (Wildman–Crippen LogP) is 8.12. The van der Waals surface area contributed by atoms with Crippen molar-refractivity contribution in [1.82, 2.24) is 4.57 Å². The second-order valence-corrected chi connectivity index (χ2v) is 8.30. The molecule has 1 aromatic heterocycles. The number of allylic oxidation sites excluding steroid dienone is 4. The van der Waals surface area contributed by atoms with Gasteiger partial charge in [0, 0.05) is 33.2 Å². The number of nitrogens with zero attached hydrogens (tertiary/aromatic N) is 1. The summed E-state index contributed by atoms with van der Waals surface area (Å²) in [5, 5.41) is 6.12. The third kappa shape index (κ3) is 3.30. The third-order valence-electron chi connectivity index (χ3n) is 6.29. The molecule has 0 saturated carbocycles. The Morgan fingerprint density at radius 3 is 2.16 bits per heavy atom. The average Bonchev–Trinajstić information content (AvgIpc) is 3.19. The summed E-state index contributed by atoms with van der Waals surface area (Å²) in [6.07, 6.45) is 7.98. The van der Waals surface area contributed by atoms with Gasteiger partial charge in [-0.2, -0.15) is 0 Å². The normalized spacial score (nSPS) is 15.8. The van der Waals surface area contributed by atoms with Crippen LogP contribution in [-0.4, -0.2) is 4.57 Å². The van der Waals surface area contributed by atoms with E-state index in [9.17, 15) is 0 Å². The number of benzene rings is 4. The van der Waals surface area contributed by atoms with Crippen molar-refractivity contribution in [1.29, 1.82) is 0 Å². The van der Waals surface area contributed by atoms with Crippen LogP contribution < -0.4 is 5.32 Å². The zero-order valence-corrected chi connectivity index (χ0v) is 17.8. The van der Waals surface area contributed by atoms with Crippen molar-refractivity contribution in [2.24, 2.45) is 0 Å². The maximum absolute atomic E-state index is 3.54. The highest BCUT2D eigenvalue weighted by molar-refractivity contribution is 6.09. The Hall–Kier alpha value is -4.04. The van der Waals surface area contributed by atoms with Crippen LogP contribution in [0.3, 0.4) is 0 Å². The van der Waals surface area contributed by atoms with E-state index in [1.165, 1.54) is 32.9 Å². The van der Waals surface area contributed by atoms with Crippen LogP contribution in [0.25, 0.3) is 27.4 Å². The van der Waals surface area contributed by atoms with Gasteiger partial charge in [0.25, 0.3) is 0 Å². The molecule has 2 heteroatoms. The lowest BCUT2D eigenvalue weighted by atomic mass is 9.97. The molecule has 154 valence electrons. The summed E-state index contributed by atoms with van der Waals surface area (Å²) in [7, 11) is 0. The first-order valence-corrected chi connectivity index (χ1v) is 11.2. The Bertz CT molecular complexity index is 1460. The fourth-order valence-corrected chi connectivity index (χ4v) is 4.77. The first kappa shape index (κ1) is 18.7. The molecule has 1 aliphatic carbocycles. The number of nitrogens with one attached hydrogen (secondary N) is 1. The lowest BCUT2D eigenvalue weighted by molar-refractivity contribution is 0.649. The summed E-state index contributed by atoms with van der Waals surface area (Å²) < 4.78 is 2.49. The number of hydrogen-bond acceptors (Lipinski definition) is 1. The number of para-hydroxylation sites is 2. The zero-order valence-electron chi connectivity index (χ0n) is 17.8. The van der Waals surface area contributed by atoms with E-state index in [1.54, 1.807) is 0 Å². The monoisotopic (exact) mass is 412 g/mol. The van der Waals surface area contributed by atoms with Crippen LogP contribution in [0.15, 0.2) is 121 Å². The molecule has 0 radical (unpaired) electrons. The fraction of sp³-hybridized carbons (Fsp3) is 0.0667.